The number of hydrogen-bond donors (Lipinski definition) is 0. The molecule has 0 aromatic heterocycles. The van der Waals surface area contributed by atoms with Gasteiger partial charge in [-0.15, -0.1) is 0 Å². The van der Waals surface area contributed by atoms with E-state index < -0.39 is 0 Å². The van der Waals surface area contributed by atoms with Gasteiger partial charge in [-0.25, -0.2) is 0 Å². The van der Waals surface area contributed by atoms with Gasteiger partial charge in [0.05, 0.1) is 0 Å². The molecule has 1 aromatic carbocycles. The number of carbonyl (C=O) groups excluding carboxylic acids is 2. The van der Waals surface area contributed by atoms with Gasteiger partial charge in [-0.1, -0.05) is 43.7 Å². The van der Waals surface area contributed by atoms with Gasteiger partial charge in [-0.3, -0.25) is 9.59 Å². The first-order chi connectivity index (χ1) is 12.8. The Kier molecular flexibility index (Phi) is 7.84. The average molecular weight is 374 g/mol. The van der Waals surface area contributed by atoms with E-state index in [1.54, 1.807) is 0 Å². The molecule has 27 heavy (non-hydrogen) atoms. The van der Waals surface area contributed by atoms with E-state index in [2.05, 4.69) is 45.0 Å². The van der Waals surface area contributed by atoms with E-state index in [9.17, 15) is 9.59 Å². The highest BCUT2D eigenvalue weighted by atomic mass is 16.2. The van der Waals surface area contributed by atoms with E-state index >= 15 is 0 Å². The summed E-state index contributed by atoms with van der Waals surface area (Å²) in [7, 11) is 3.95. The molecule has 0 spiro atoms. The van der Waals surface area contributed by atoms with Crippen molar-refractivity contribution in [3.8, 4) is 0 Å². The highest BCUT2D eigenvalue weighted by molar-refractivity contribution is 5.79. The normalized spacial score (nSPS) is 16.1. The van der Waals surface area contributed by atoms with Gasteiger partial charge < -0.3 is 14.7 Å². The minimum Gasteiger partial charge on any atom is -0.339 e. The Morgan fingerprint density at radius 1 is 0.963 bits per heavy atom. The molecule has 0 bridgehead atoms. The molecule has 5 nitrogen and oxygen atoms in total. The molecular weight excluding hydrogens is 338 g/mol. The van der Waals surface area contributed by atoms with E-state index in [4.69, 9.17) is 0 Å². The Balaban J connectivity index is 1.88. The molecule has 1 aliphatic rings. The largest absolute Gasteiger partial charge is 0.339 e. The van der Waals surface area contributed by atoms with Gasteiger partial charge in [0.2, 0.25) is 11.8 Å². The smallest absolute Gasteiger partial charge is 0.223 e. The third-order valence-corrected chi connectivity index (χ3v) is 5.46. The number of carbonyl (C=O) groups is 2. The summed E-state index contributed by atoms with van der Waals surface area (Å²) in [5, 5.41) is 0. The van der Waals surface area contributed by atoms with Crippen LogP contribution in [-0.2, 0) is 9.59 Å². The maximum Gasteiger partial charge on any atom is 0.223 e. The molecule has 0 N–H and O–H groups in total. The molecule has 0 saturated carbocycles. The first-order valence-corrected chi connectivity index (χ1v) is 10.0. The van der Waals surface area contributed by atoms with Crippen LogP contribution in [0.5, 0.6) is 0 Å². The van der Waals surface area contributed by atoms with Crippen LogP contribution in [0.1, 0.15) is 43.7 Å². The average Bonchev–Trinajstić information content (AvgIpc) is 2.64. The van der Waals surface area contributed by atoms with Crippen LogP contribution >= 0.6 is 0 Å². The Bertz CT molecular complexity index is 617. The van der Waals surface area contributed by atoms with Gasteiger partial charge in [0.1, 0.15) is 0 Å². The van der Waals surface area contributed by atoms with Crippen LogP contribution in [0.25, 0.3) is 0 Å². The second kappa shape index (κ2) is 9.88. The van der Waals surface area contributed by atoms with Crippen molar-refractivity contribution >= 4 is 11.8 Å². The Labute approximate surface area is 164 Å². The number of rotatable bonds is 7. The second-order valence-corrected chi connectivity index (χ2v) is 8.28. The van der Waals surface area contributed by atoms with Crippen molar-refractivity contribution in [2.24, 2.45) is 5.92 Å². The summed E-state index contributed by atoms with van der Waals surface area (Å²) in [5.41, 5.74) is 2.48. The number of nitrogens with zero attached hydrogens (tertiary/aromatic N) is 3. The topological polar surface area (TPSA) is 43.9 Å². The zero-order valence-corrected chi connectivity index (χ0v) is 17.6. The zero-order valence-electron chi connectivity index (χ0n) is 17.6. The molecular formula is C22H35N3O2. The molecule has 0 aliphatic carbocycles. The maximum absolute atomic E-state index is 12.9. The Hall–Kier alpha value is -1.88. The molecule has 1 atom stereocenters. The van der Waals surface area contributed by atoms with Crippen molar-refractivity contribution in [2.75, 3.05) is 46.8 Å². The quantitative estimate of drug-likeness (QED) is 0.738. The standard InChI is InChI=1S/C22H35N3O2/c1-17(2)20(19-8-6-18(3)7-9-19)16-22(27)25-14-12-24(13-15-25)21(26)10-11-23(4)5/h6-9,17,20H,10-16H2,1-5H3. The van der Waals surface area contributed by atoms with Crippen LogP contribution in [0, 0.1) is 12.8 Å². The Morgan fingerprint density at radius 2 is 1.48 bits per heavy atom. The van der Waals surface area contributed by atoms with Crippen LogP contribution in [0.15, 0.2) is 24.3 Å². The Morgan fingerprint density at radius 3 is 1.96 bits per heavy atom. The zero-order chi connectivity index (χ0) is 20.0. The van der Waals surface area contributed by atoms with E-state index in [1.807, 2.05) is 28.8 Å². The number of benzene rings is 1. The van der Waals surface area contributed by atoms with Gasteiger partial charge >= 0.3 is 0 Å². The summed E-state index contributed by atoms with van der Waals surface area (Å²) in [4.78, 5) is 31.0. The monoisotopic (exact) mass is 373 g/mol. The van der Waals surface area contributed by atoms with Crippen LogP contribution in [0.2, 0.25) is 0 Å². The highest BCUT2D eigenvalue weighted by Crippen LogP contribution is 2.29. The summed E-state index contributed by atoms with van der Waals surface area (Å²) in [5.74, 6) is 1.04. The van der Waals surface area contributed by atoms with Crippen LogP contribution in [0.3, 0.4) is 0 Å². The summed E-state index contributed by atoms with van der Waals surface area (Å²) in [6.07, 6.45) is 1.08. The molecule has 1 fully saturated rings. The van der Waals surface area contributed by atoms with Crippen LogP contribution in [0.4, 0.5) is 0 Å². The molecule has 1 aromatic rings. The van der Waals surface area contributed by atoms with Crippen molar-refractivity contribution < 1.29 is 9.59 Å². The first kappa shape index (κ1) is 21.4. The predicted octanol–water partition coefficient (Wildman–Crippen LogP) is 2.75. The van der Waals surface area contributed by atoms with Gasteiger partial charge in [0, 0.05) is 45.6 Å². The molecule has 2 rings (SSSR count). The fraction of sp³-hybridized carbons (Fsp3) is 0.636. The molecule has 2 amide bonds. The van der Waals surface area contributed by atoms with Crippen molar-refractivity contribution in [3.63, 3.8) is 0 Å². The predicted molar refractivity (Wildman–Crippen MR) is 110 cm³/mol. The van der Waals surface area contributed by atoms with Gasteiger partial charge in [-0.2, -0.15) is 0 Å². The van der Waals surface area contributed by atoms with Crippen LogP contribution in [-0.4, -0.2) is 73.3 Å². The number of aryl methyl sites for hydroxylation is 1. The molecule has 1 heterocycles. The van der Waals surface area contributed by atoms with E-state index in [0.717, 1.165) is 6.54 Å². The molecule has 1 aliphatic heterocycles. The third kappa shape index (κ3) is 6.35. The van der Waals surface area contributed by atoms with Gasteiger partial charge in [-0.05, 0) is 38.4 Å². The number of amides is 2. The fourth-order valence-corrected chi connectivity index (χ4v) is 3.55. The molecule has 1 saturated heterocycles. The second-order valence-electron chi connectivity index (χ2n) is 8.28. The lowest BCUT2D eigenvalue weighted by molar-refractivity contribution is -0.140. The van der Waals surface area contributed by atoms with Crippen molar-refractivity contribution in [1.29, 1.82) is 0 Å². The summed E-state index contributed by atoms with van der Waals surface area (Å²) < 4.78 is 0. The van der Waals surface area contributed by atoms with Gasteiger partial charge in [0.15, 0.2) is 0 Å². The van der Waals surface area contributed by atoms with Crippen LogP contribution < -0.4 is 0 Å². The van der Waals surface area contributed by atoms with E-state index in [0.29, 0.717) is 44.9 Å². The van der Waals surface area contributed by atoms with Crippen molar-refractivity contribution in [3.05, 3.63) is 35.4 Å². The minimum atomic E-state index is 0.190. The fourth-order valence-electron chi connectivity index (χ4n) is 3.55. The van der Waals surface area contributed by atoms with E-state index in [1.165, 1.54) is 11.1 Å². The first-order valence-electron chi connectivity index (χ1n) is 10.0. The SMILES string of the molecule is Cc1ccc(C(CC(=O)N2CCN(C(=O)CCN(C)C)CC2)C(C)C)cc1. The molecule has 1 unspecified atom stereocenters. The molecule has 5 heteroatoms. The lowest BCUT2D eigenvalue weighted by Crippen LogP contribution is -2.51. The number of hydrogen-bond acceptors (Lipinski definition) is 3. The maximum atomic E-state index is 12.9. The van der Waals surface area contributed by atoms with Crippen molar-refractivity contribution in [1.82, 2.24) is 14.7 Å². The van der Waals surface area contributed by atoms with E-state index in [-0.39, 0.29) is 17.7 Å². The molecule has 0 radical (unpaired) electrons. The summed E-state index contributed by atoms with van der Waals surface area (Å²) in [6, 6.07) is 8.53. The molecule has 150 valence electrons. The lowest BCUT2D eigenvalue weighted by atomic mass is 9.85. The highest BCUT2D eigenvalue weighted by Gasteiger charge is 2.27. The summed E-state index contributed by atoms with van der Waals surface area (Å²) in [6.45, 7) is 9.79. The van der Waals surface area contributed by atoms with Gasteiger partial charge in [0.25, 0.3) is 0 Å². The third-order valence-electron chi connectivity index (χ3n) is 5.46. The van der Waals surface area contributed by atoms with Crippen molar-refractivity contribution in [2.45, 2.75) is 39.5 Å². The minimum absolute atomic E-state index is 0.190. The number of piperazine rings is 1. The lowest BCUT2D eigenvalue weighted by Gasteiger charge is -2.36. The summed E-state index contributed by atoms with van der Waals surface area (Å²) >= 11 is 0.